The van der Waals surface area contributed by atoms with Crippen molar-refractivity contribution in [3.63, 3.8) is 0 Å². The smallest absolute Gasteiger partial charge is 0.382 e. The molecule has 102 valence electrons. The first-order chi connectivity index (χ1) is 8.84. The van der Waals surface area contributed by atoms with Gasteiger partial charge in [0.15, 0.2) is 0 Å². The van der Waals surface area contributed by atoms with Crippen molar-refractivity contribution in [2.45, 2.75) is 19.5 Å². The summed E-state index contributed by atoms with van der Waals surface area (Å²) in [6.45, 7) is 1.93. The Labute approximate surface area is 108 Å². The minimum Gasteiger partial charge on any atom is -0.382 e. The van der Waals surface area contributed by atoms with E-state index in [1.807, 2.05) is 6.92 Å². The zero-order chi connectivity index (χ0) is 14.2. The summed E-state index contributed by atoms with van der Waals surface area (Å²) in [4.78, 5) is 0. The molecule has 0 fully saturated rings. The number of anilines is 1. The Kier molecular flexibility index (Phi) is 3.26. The van der Waals surface area contributed by atoms with E-state index in [2.05, 4.69) is 5.10 Å². The summed E-state index contributed by atoms with van der Waals surface area (Å²) in [6.07, 6.45) is -3.65. The number of nitrogen functional groups attached to an aromatic ring is 1. The van der Waals surface area contributed by atoms with Gasteiger partial charge in [-0.25, -0.2) is 0 Å². The van der Waals surface area contributed by atoms with Gasteiger partial charge in [-0.05, 0) is 18.6 Å². The lowest BCUT2D eigenvalue weighted by atomic mass is 10.0. The molecule has 0 aliphatic heterocycles. The Balaban J connectivity index is 2.49. The maximum atomic E-state index is 12.5. The van der Waals surface area contributed by atoms with Gasteiger partial charge in [-0.1, -0.05) is 19.1 Å². The van der Waals surface area contributed by atoms with Crippen molar-refractivity contribution < 1.29 is 13.2 Å². The Morgan fingerprint density at radius 1 is 1.21 bits per heavy atom. The second-order valence-electron chi connectivity index (χ2n) is 4.26. The minimum atomic E-state index is -4.32. The third-order valence-corrected chi connectivity index (χ3v) is 3.02. The molecule has 19 heavy (non-hydrogen) atoms. The summed E-state index contributed by atoms with van der Waals surface area (Å²) in [5.41, 5.74) is 7.40. The molecule has 0 aliphatic rings. The van der Waals surface area contributed by atoms with Gasteiger partial charge in [0.05, 0.1) is 11.3 Å². The molecule has 0 spiro atoms. The zero-order valence-electron chi connectivity index (χ0n) is 10.6. The number of nitrogens with zero attached hydrogens (tertiary/aromatic N) is 2. The number of hydrogen-bond acceptors (Lipinski definition) is 2. The van der Waals surface area contributed by atoms with Crippen LogP contribution < -0.4 is 5.73 Å². The van der Waals surface area contributed by atoms with Crippen molar-refractivity contribution in [2.75, 3.05) is 5.73 Å². The van der Waals surface area contributed by atoms with Crippen LogP contribution >= 0.6 is 0 Å². The fourth-order valence-electron chi connectivity index (χ4n) is 2.12. The molecule has 0 atom stereocenters. The summed E-state index contributed by atoms with van der Waals surface area (Å²) in [6, 6.07) is 5.02. The molecule has 6 heteroatoms. The van der Waals surface area contributed by atoms with Crippen LogP contribution in [-0.4, -0.2) is 9.78 Å². The average molecular weight is 269 g/mol. The average Bonchev–Trinajstić information content (AvgIpc) is 2.62. The molecule has 0 unspecified atom stereocenters. The third kappa shape index (κ3) is 2.43. The van der Waals surface area contributed by atoms with Crippen LogP contribution in [0.5, 0.6) is 0 Å². The Morgan fingerprint density at radius 3 is 2.26 bits per heavy atom. The summed E-state index contributed by atoms with van der Waals surface area (Å²) >= 11 is 0. The quantitative estimate of drug-likeness (QED) is 0.909. The molecule has 0 amide bonds. The second kappa shape index (κ2) is 4.60. The molecule has 1 aromatic carbocycles. The van der Waals surface area contributed by atoms with E-state index in [1.165, 1.54) is 12.1 Å². The van der Waals surface area contributed by atoms with Gasteiger partial charge >= 0.3 is 6.18 Å². The van der Waals surface area contributed by atoms with Crippen molar-refractivity contribution in [1.82, 2.24) is 9.78 Å². The van der Waals surface area contributed by atoms with Crippen LogP contribution in [0.1, 0.15) is 18.1 Å². The van der Waals surface area contributed by atoms with Crippen molar-refractivity contribution in [3.8, 4) is 11.3 Å². The first-order valence-electron chi connectivity index (χ1n) is 5.83. The molecular formula is C13H14F3N3. The predicted molar refractivity (Wildman–Crippen MR) is 67.4 cm³/mol. The maximum absolute atomic E-state index is 12.5. The Hall–Kier alpha value is -1.98. The van der Waals surface area contributed by atoms with E-state index in [9.17, 15) is 13.2 Å². The fourth-order valence-corrected chi connectivity index (χ4v) is 2.12. The van der Waals surface area contributed by atoms with E-state index < -0.39 is 11.7 Å². The van der Waals surface area contributed by atoms with Crippen molar-refractivity contribution in [2.24, 2.45) is 7.05 Å². The van der Waals surface area contributed by atoms with E-state index in [-0.39, 0.29) is 0 Å². The van der Waals surface area contributed by atoms with Gasteiger partial charge in [-0.15, -0.1) is 0 Å². The number of aromatic nitrogens is 2. The number of alkyl halides is 3. The Morgan fingerprint density at radius 2 is 1.79 bits per heavy atom. The van der Waals surface area contributed by atoms with Gasteiger partial charge < -0.3 is 5.73 Å². The summed E-state index contributed by atoms with van der Waals surface area (Å²) in [5.74, 6) is 0.417. The molecular weight excluding hydrogens is 255 g/mol. The molecule has 0 saturated carbocycles. The topological polar surface area (TPSA) is 43.8 Å². The highest BCUT2D eigenvalue weighted by Gasteiger charge is 2.30. The third-order valence-electron chi connectivity index (χ3n) is 3.02. The van der Waals surface area contributed by atoms with Crippen molar-refractivity contribution in [1.29, 1.82) is 0 Å². The molecule has 0 aliphatic carbocycles. The summed E-state index contributed by atoms with van der Waals surface area (Å²) in [7, 11) is 1.72. The first-order valence-corrected chi connectivity index (χ1v) is 5.83. The van der Waals surface area contributed by atoms with E-state index in [0.717, 1.165) is 23.4 Å². The van der Waals surface area contributed by atoms with Gasteiger partial charge in [0.25, 0.3) is 0 Å². The second-order valence-corrected chi connectivity index (χ2v) is 4.26. The number of benzene rings is 1. The van der Waals surface area contributed by atoms with Gasteiger partial charge in [-0.3, -0.25) is 4.68 Å². The van der Waals surface area contributed by atoms with Gasteiger partial charge in [0.2, 0.25) is 0 Å². The summed E-state index contributed by atoms with van der Waals surface area (Å²) in [5, 5.41) is 4.10. The van der Waals surface area contributed by atoms with Crippen LogP contribution in [0.4, 0.5) is 19.0 Å². The predicted octanol–water partition coefficient (Wildman–Crippen LogP) is 3.25. The van der Waals surface area contributed by atoms with Crippen LogP contribution in [0.25, 0.3) is 11.3 Å². The van der Waals surface area contributed by atoms with Crippen LogP contribution in [0.15, 0.2) is 24.3 Å². The van der Waals surface area contributed by atoms with Crippen LogP contribution in [-0.2, 0) is 19.6 Å². The largest absolute Gasteiger partial charge is 0.416 e. The molecule has 1 aromatic heterocycles. The van der Waals surface area contributed by atoms with Gasteiger partial charge in [0, 0.05) is 18.2 Å². The molecule has 0 bridgehead atoms. The lowest BCUT2D eigenvalue weighted by molar-refractivity contribution is -0.137. The number of aryl methyl sites for hydroxylation is 1. The molecule has 1 heterocycles. The Bertz CT molecular complexity index is 582. The van der Waals surface area contributed by atoms with Crippen molar-refractivity contribution >= 4 is 5.82 Å². The van der Waals surface area contributed by atoms with E-state index >= 15 is 0 Å². The fraction of sp³-hybridized carbons (Fsp3) is 0.308. The van der Waals surface area contributed by atoms with E-state index in [0.29, 0.717) is 17.8 Å². The number of nitrogens with two attached hydrogens (primary N) is 1. The number of halogens is 3. The molecule has 2 aromatic rings. The SMILES string of the molecule is CCc1c(N)nn(C)c1-c1ccc(C(F)(F)F)cc1. The molecule has 0 radical (unpaired) electrons. The zero-order valence-corrected chi connectivity index (χ0v) is 10.6. The standard InChI is InChI=1S/C13H14F3N3/c1-3-10-11(19(2)18-12(10)17)8-4-6-9(7-5-8)13(14,15)16/h4-7H,3H2,1-2H3,(H2,17,18). The lowest BCUT2D eigenvalue weighted by Gasteiger charge is -2.09. The highest BCUT2D eigenvalue weighted by molar-refractivity contribution is 5.69. The van der Waals surface area contributed by atoms with Gasteiger partial charge in [0.1, 0.15) is 5.82 Å². The monoisotopic (exact) mass is 269 g/mol. The maximum Gasteiger partial charge on any atom is 0.416 e. The van der Waals surface area contributed by atoms with Gasteiger partial charge in [-0.2, -0.15) is 18.3 Å². The van der Waals surface area contributed by atoms with E-state index in [1.54, 1.807) is 11.7 Å². The van der Waals surface area contributed by atoms with E-state index in [4.69, 9.17) is 5.73 Å². The molecule has 0 saturated heterocycles. The molecule has 3 nitrogen and oxygen atoms in total. The number of rotatable bonds is 2. The highest BCUT2D eigenvalue weighted by atomic mass is 19.4. The summed E-state index contributed by atoms with van der Waals surface area (Å²) < 4.78 is 39.1. The highest BCUT2D eigenvalue weighted by Crippen LogP contribution is 2.32. The lowest BCUT2D eigenvalue weighted by Crippen LogP contribution is -2.04. The first kappa shape index (κ1) is 13.5. The van der Waals surface area contributed by atoms with Crippen LogP contribution in [0.2, 0.25) is 0 Å². The number of hydrogen-bond donors (Lipinski definition) is 1. The molecule has 2 rings (SSSR count). The molecule has 2 N–H and O–H groups in total. The van der Waals surface area contributed by atoms with Crippen LogP contribution in [0, 0.1) is 0 Å². The van der Waals surface area contributed by atoms with Crippen LogP contribution in [0.3, 0.4) is 0 Å². The van der Waals surface area contributed by atoms with Crippen molar-refractivity contribution in [3.05, 3.63) is 35.4 Å². The minimum absolute atomic E-state index is 0.417. The normalized spacial score (nSPS) is 11.8.